The highest BCUT2D eigenvalue weighted by Gasteiger charge is 2.02. The van der Waals surface area contributed by atoms with Gasteiger partial charge < -0.3 is 14.8 Å². The molecule has 0 bridgehead atoms. The summed E-state index contributed by atoms with van der Waals surface area (Å²) in [5.74, 6) is 0.683. The second-order valence-corrected chi connectivity index (χ2v) is 3.97. The summed E-state index contributed by atoms with van der Waals surface area (Å²) in [6.07, 6.45) is 1.89. The number of hydrogen-bond acceptors (Lipinski definition) is 3. The molecule has 0 aliphatic rings. The Bertz CT molecular complexity index is 349. The number of amides is 1. The molecule has 1 aromatic carbocycles. The standard InChI is InChI=1S/C14H21NO3/c1-3-9-17-11-14(16)15-12-5-7-13(8-6-12)18-10-4-2/h5-8H,3-4,9-11H2,1-2H3,(H,15,16). The van der Waals surface area contributed by atoms with Gasteiger partial charge in [-0.3, -0.25) is 4.79 Å². The van der Waals surface area contributed by atoms with Crippen molar-refractivity contribution in [1.82, 2.24) is 0 Å². The summed E-state index contributed by atoms with van der Waals surface area (Å²) >= 11 is 0. The first kappa shape index (κ1) is 14.5. The average molecular weight is 251 g/mol. The highest BCUT2D eigenvalue weighted by molar-refractivity contribution is 5.91. The topological polar surface area (TPSA) is 47.6 Å². The van der Waals surface area contributed by atoms with Crippen molar-refractivity contribution in [3.05, 3.63) is 24.3 Å². The highest BCUT2D eigenvalue weighted by Crippen LogP contribution is 2.15. The van der Waals surface area contributed by atoms with E-state index in [-0.39, 0.29) is 12.5 Å². The molecule has 4 nitrogen and oxygen atoms in total. The smallest absolute Gasteiger partial charge is 0.250 e. The van der Waals surface area contributed by atoms with Crippen LogP contribution in [0.3, 0.4) is 0 Å². The molecule has 1 N–H and O–H groups in total. The number of ether oxygens (including phenoxy) is 2. The molecule has 0 aromatic heterocycles. The van der Waals surface area contributed by atoms with Crippen LogP contribution in [-0.4, -0.2) is 25.7 Å². The van der Waals surface area contributed by atoms with Crippen molar-refractivity contribution < 1.29 is 14.3 Å². The van der Waals surface area contributed by atoms with Crippen LogP contribution in [0, 0.1) is 0 Å². The predicted molar refractivity (Wildman–Crippen MR) is 72.0 cm³/mol. The van der Waals surface area contributed by atoms with Gasteiger partial charge in [0, 0.05) is 12.3 Å². The number of carbonyl (C=O) groups excluding carboxylic acids is 1. The van der Waals surface area contributed by atoms with Gasteiger partial charge in [0.25, 0.3) is 0 Å². The minimum Gasteiger partial charge on any atom is -0.494 e. The van der Waals surface area contributed by atoms with Crippen LogP contribution in [0.1, 0.15) is 26.7 Å². The summed E-state index contributed by atoms with van der Waals surface area (Å²) in [5, 5.41) is 2.76. The van der Waals surface area contributed by atoms with Gasteiger partial charge >= 0.3 is 0 Å². The van der Waals surface area contributed by atoms with Crippen LogP contribution in [0.4, 0.5) is 5.69 Å². The normalized spacial score (nSPS) is 10.1. The van der Waals surface area contributed by atoms with Crippen LogP contribution >= 0.6 is 0 Å². The fourth-order valence-corrected chi connectivity index (χ4v) is 1.36. The summed E-state index contributed by atoms with van der Waals surface area (Å²) in [7, 11) is 0. The van der Waals surface area contributed by atoms with Gasteiger partial charge in [0.2, 0.25) is 5.91 Å². The van der Waals surface area contributed by atoms with E-state index in [0.717, 1.165) is 24.3 Å². The van der Waals surface area contributed by atoms with Crippen LogP contribution in [-0.2, 0) is 9.53 Å². The van der Waals surface area contributed by atoms with Crippen molar-refractivity contribution in [2.75, 3.05) is 25.1 Å². The lowest BCUT2D eigenvalue weighted by Gasteiger charge is -2.07. The molecule has 1 aromatic rings. The predicted octanol–water partition coefficient (Wildman–Crippen LogP) is 2.84. The minimum atomic E-state index is -0.134. The molecular weight excluding hydrogens is 230 g/mol. The molecule has 4 heteroatoms. The summed E-state index contributed by atoms with van der Waals surface area (Å²) in [5.41, 5.74) is 0.754. The summed E-state index contributed by atoms with van der Waals surface area (Å²) < 4.78 is 10.6. The van der Waals surface area contributed by atoms with E-state index >= 15 is 0 Å². The third-order valence-corrected chi connectivity index (χ3v) is 2.19. The molecule has 100 valence electrons. The molecule has 0 radical (unpaired) electrons. The SMILES string of the molecule is CCCOCC(=O)Nc1ccc(OCCC)cc1. The second kappa shape index (κ2) is 8.53. The molecule has 0 aliphatic carbocycles. The number of rotatable bonds is 8. The molecule has 0 unspecified atom stereocenters. The molecule has 0 saturated heterocycles. The van der Waals surface area contributed by atoms with Crippen LogP contribution in [0.15, 0.2) is 24.3 Å². The van der Waals surface area contributed by atoms with Crippen LogP contribution in [0.5, 0.6) is 5.75 Å². The molecule has 0 saturated carbocycles. The highest BCUT2D eigenvalue weighted by atomic mass is 16.5. The number of carbonyl (C=O) groups is 1. The van der Waals surface area contributed by atoms with Crippen molar-refractivity contribution in [3.8, 4) is 5.75 Å². The Hall–Kier alpha value is -1.55. The van der Waals surface area contributed by atoms with E-state index in [1.54, 1.807) is 0 Å². The van der Waals surface area contributed by atoms with Gasteiger partial charge in [-0.25, -0.2) is 0 Å². The lowest BCUT2D eigenvalue weighted by molar-refractivity contribution is -0.120. The van der Waals surface area contributed by atoms with E-state index in [1.165, 1.54) is 0 Å². The van der Waals surface area contributed by atoms with E-state index in [1.807, 2.05) is 31.2 Å². The molecule has 0 atom stereocenters. The largest absolute Gasteiger partial charge is 0.494 e. The van der Waals surface area contributed by atoms with Gasteiger partial charge in [-0.05, 0) is 37.1 Å². The van der Waals surface area contributed by atoms with E-state index in [4.69, 9.17) is 9.47 Å². The number of anilines is 1. The van der Waals surface area contributed by atoms with Crippen molar-refractivity contribution in [1.29, 1.82) is 0 Å². The van der Waals surface area contributed by atoms with Crippen LogP contribution < -0.4 is 10.1 Å². The minimum absolute atomic E-state index is 0.0991. The molecule has 1 amide bonds. The Morgan fingerprint density at radius 2 is 1.78 bits per heavy atom. The Labute approximate surface area is 108 Å². The maximum absolute atomic E-state index is 11.5. The molecule has 1 rings (SSSR count). The van der Waals surface area contributed by atoms with Gasteiger partial charge in [-0.1, -0.05) is 13.8 Å². The third kappa shape index (κ3) is 5.68. The first-order valence-electron chi connectivity index (χ1n) is 6.36. The molecule has 0 heterocycles. The van der Waals surface area contributed by atoms with Crippen molar-refractivity contribution in [3.63, 3.8) is 0 Å². The van der Waals surface area contributed by atoms with Gasteiger partial charge in [0.1, 0.15) is 12.4 Å². The molecular formula is C14H21NO3. The summed E-state index contributed by atoms with van der Waals surface area (Å²) in [6, 6.07) is 7.34. The lowest BCUT2D eigenvalue weighted by atomic mass is 10.3. The van der Waals surface area contributed by atoms with Crippen LogP contribution in [0.25, 0.3) is 0 Å². The Kier molecular flexibility index (Phi) is 6.87. The summed E-state index contributed by atoms with van der Waals surface area (Å²) in [4.78, 5) is 11.5. The summed E-state index contributed by atoms with van der Waals surface area (Å²) in [6.45, 7) is 5.48. The maximum atomic E-state index is 11.5. The first-order chi connectivity index (χ1) is 8.76. The quantitative estimate of drug-likeness (QED) is 0.723. The Balaban J connectivity index is 2.35. The fourth-order valence-electron chi connectivity index (χ4n) is 1.36. The van der Waals surface area contributed by atoms with E-state index in [9.17, 15) is 4.79 Å². The van der Waals surface area contributed by atoms with Crippen molar-refractivity contribution in [2.45, 2.75) is 26.7 Å². The molecule has 18 heavy (non-hydrogen) atoms. The Morgan fingerprint density at radius 1 is 1.11 bits per heavy atom. The molecule has 0 aliphatic heterocycles. The average Bonchev–Trinajstić information content (AvgIpc) is 2.38. The zero-order chi connectivity index (χ0) is 13.2. The zero-order valence-corrected chi connectivity index (χ0v) is 11.1. The number of nitrogens with one attached hydrogen (secondary N) is 1. The molecule has 0 fully saturated rings. The van der Waals surface area contributed by atoms with E-state index in [2.05, 4.69) is 12.2 Å². The van der Waals surface area contributed by atoms with Gasteiger partial charge in [-0.2, -0.15) is 0 Å². The lowest BCUT2D eigenvalue weighted by Crippen LogP contribution is -2.18. The third-order valence-electron chi connectivity index (χ3n) is 2.19. The van der Waals surface area contributed by atoms with Gasteiger partial charge in [0.15, 0.2) is 0 Å². The van der Waals surface area contributed by atoms with E-state index < -0.39 is 0 Å². The van der Waals surface area contributed by atoms with E-state index in [0.29, 0.717) is 13.2 Å². The number of benzene rings is 1. The first-order valence-corrected chi connectivity index (χ1v) is 6.36. The van der Waals surface area contributed by atoms with Crippen molar-refractivity contribution in [2.24, 2.45) is 0 Å². The van der Waals surface area contributed by atoms with Crippen LogP contribution in [0.2, 0.25) is 0 Å². The van der Waals surface area contributed by atoms with Gasteiger partial charge in [0.05, 0.1) is 6.61 Å². The number of hydrogen-bond donors (Lipinski definition) is 1. The molecule has 0 spiro atoms. The second-order valence-electron chi connectivity index (χ2n) is 3.97. The fraction of sp³-hybridized carbons (Fsp3) is 0.500. The van der Waals surface area contributed by atoms with Crippen molar-refractivity contribution >= 4 is 11.6 Å². The maximum Gasteiger partial charge on any atom is 0.250 e. The monoisotopic (exact) mass is 251 g/mol. The van der Waals surface area contributed by atoms with Gasteiger partial charge in [-0.15, -0.1) is 0 Å². The Morgan fingerprint density at radius 3 is 2.39 bits per heavy atom. The zero-order valence-electron chi connectivity index (χ0n) is 11.1.